The van der Waals surface area contributed by atoms with Gasteiger partial charge in [-0.25, -0.2) is 4.98 Å². The summed E-state index contributed by atoms with van der Waals surface area (Å²) in [5.74, 6) is 0.939. The summed E-state index contributed by atoms with van der Waals surface area (Å²) in [6, 6.07) is 16.4. The maximum Gasteiger partial charge on any atom is 0.250 e. The number of benzene rings is 2. The van der Waals surface area contributed by atoms with E-state index < -0.39 is 12.0 Å². The van der Waals surface area contributed by atoms with E-state index in [4.69, 9.17) is 15.2 Å². The number of amides is 2. The fraction of sp³-hybridized carbons (Fsp3) is 0.367. The molecule has 1 aromatic heterocycles. The second kappa shape index (κ2) is 11.8. The molecule has 0 radical (unpaired) electrons. The van der Waals surface area contributed by atoms with Crippen molar-refractivity contribution >= 4 is 17.5 Å². The number of hydrogen-bond donors (Lipinski definition) is 4. The van der Waals surface area contributed by atoms with Crippen molar-refractivity contribution in [2.45, 2.75) is 51.7 Å². The number of aromatic nitrogens is 1. The zero-order chi connectivity index (χ0) is 28.2. The zero-order valence-electron chi connectivity index (χ0n) is 22.7. The Bertz CT molecular complexity index is 1310. The predicted molar refractivity (Wildman–Crippen MR) is 149 cm³/mol. The Kier molecular flexibility index (Phi) is 8.52. The van der Waals surface area contributed by atoms with Crippen molar-refractivity contribution < 1.29 is 24.2 Å². The second-order valence-corrected chi connectivity index (χ2v) is 10.8. The molecule has 0 saturated carbocycles. The van der Waals surface area contributed by atoms with Gasteiger partial charge in [-0.2, -0.15) is 0 Å². The molecule has 5 N–H and O–H groups in total. The molecule has 2 aromatic carbocycles. The number of carbonyl (C=O) groups is 2. The molecule has 9 nitrogen and oxygen atoms in total. The van der Waals surface area contributed by atoms with Crippen LogP contribution in [0.1, 0.15) is 55.1 Å². The highest BCUT2D eigenvalue weighted by Gasteiger charge is 2.35. The summed E-state index contributed by atoms with van der Waals surface area (Å²) >= 11 is 0. The van der Waals surface area contributed by atoms with Gasteiger partial charge in [0.2, 0.25) is 17.7 Å². The first-order valence-electron chi connectivity index (χ1n) is 13.0. The van der Waals surface area contributed by atoms with Crippen molar-refractivity contribution in [3.63, 3.8) is 0 Å². The minimum absolute atomic E-state index is 0.0184. The van der Waals surface area contributed by atoms with Gasteiger partial charge in [0.05, 0.1) is 11.5 Å². The van der Waals surface area contributed by atoms with Crippen molar-refractivity contribution in [2.75, 3.05) is 18.5 Å². The molecule has 0 fully saturated rings. The third-order valence-electron chi connectivity index (χ3n) is 6.64. The van der Waals surface area contributed by atoms with Crippen LogP contribution in [0.2, 0.25) is 0 Å². The van der Waals surface area contributed by atoms with Crippen LogP contribution in [0.3, 0.4) is 0 Å². The van der Waals surface area contributed by atoms with Gasteiger partial charge >= 0.3 is 0 Å². The third-order valence-corrected chi connectivity index (χ3v) is 6.64. The maximum absolute atomic E-state index is 12.4. The zero-order valence-corrected chi connectivity index (χ0v) is 22.7. The quantitative estimate of drug-likeness (QED) is 0.277. The number of carbonyl (C=O) groups excluding carboxylic acids is 2. The van der Waals surface area contributed by atoms with Crippen LogP contribution >= 0.6 is 0 Å². The topological polar surface area (TPSA) is 136 Å². The lowest BCUT2D eigenvalue weighted by Gasteiger charge is -2.28. The number of rotatable bonds is 12. The van der Waals surface area contributed by atoms with E-state index in [-0.39, 0.29) is 29.9 Å². The number of primary amides is 1. The van der Waals surface area contributed by atoms with Gasteiger partial charge in [-0.15, -0.1) is 0 Å². The molecule has 2 amide bonds. The normalized spacial score (nSPS) is 15.5. The van der Waals surface area contributed by atoms with Crippen LogP contribution in [0.4, 0.5) is 5.69 Å². The molecule has 4 rings (SSSR count). The van der Waals surface area contributed by atoms with Crippen molar-refractivity contribution in [3.8, 4) is 17.4 Å². The number of hydrogen-bond acceptors (Lipinski definition) is 7. The van der Waals surface area contributed by atoms with E-state index >= 15 is 0 Å². The maximum atomic E-state index is 12.4. The van der Waals surface area contributed by atoms with Crippen molar-refractivity contribution in [3.05, 3.63) is 77.5 Å². The summed E-state index contributed by atoms with van der Waals surface area (Å²) in [6.45, 7) is 8.63. The number of β-amino-alcohol motifs (C(OH)–C–C–N with tert-alkyl or cyclic N) is 1. The van der Waals surface area contributed by atoms with Crippen LogP contribution in [0, 0.1) is 5.92 Å². The second-order valence-electron chi connectivity index (χ2n) is 10.8. The number of nitrogens with two attached hydrogens (primary N) is 1. The average Bonchev–Trinajstić information content (AvgIpc) is 3.24. The van der Waals surface area contributed by atoms with Crippen LogP contribution in [-0.2, 0) is 11.2 Å². The van der Waals surface area contributed by atoms with Crippen molar-refractivity contribution in [2.24, 2.45) is 11.7 Å². The first-order valence-corrected chi connectivity index (χ1v) is 13.0. The molecule has 0 bridgehead atoms. The van der Waals surface area contributed by atoms with Crippen LogP contribution in [0.25, 0.3) is 0 Å². The molecule has 3 aromatic rings. The molecule has 2 atom stereocenters. The number of fused-ring (bicyclic) bond motifs is 1. The molecular formula is C30H36N4O5. The molecule has 1 aliphatic rings. The first kappa shape index (κ1) is 28.1. The van der Waals surface area contributed by atoms with Gasteiger partial charge in [0.15, 0.2) is 0 Å². The largest absolute Gasteiger partial charge is 0.490 e. The Morgan fingerprint density at radius 1 is 1.15 bits per heavy atom. The highest BCUT2D eigenvalue weighted by Crippen LogP contribution is 2.42. The minimum Gasteiger partial charge on any atom is -0.490 e. The summed E-state index contributed by atoms with van der Waals surface area (Å²) in [6.07, 6.45) is 1.38. The first-order chi connectivity index (χ1) is 18.5. The van der Waals surface area contributed by atoms with Crippen LogP contribution in [0.5, 0.6) is 17.4 Å². The lowest BCUT2D eigenvalue weighted by Crippen LogP contribution is -2.46. The lowest BCUT2D eigenvalue weighted by atomic mass is 9.89. The molecule has 2 heterocycles. The Balaban J connectivity index is 1.27. The summed E-state index contributed by atoms with van der Waals surface area (Å²) in [5.41, 5.74) is 8.01. The van der Waals surface area contributed by atoms with Gasteiger partial charge in [0.1, 0.15) is 24.2 Å². The highest BCUT2D eigenvalue weighted by atomic mass is 16.5. The summed E-state index contributed by atoms with van der Waals surface area (Å²) in [7, 11) is 0. The number of nitrogens with one attached hydrogen (secondary N) is 2. The van der Waals surface area contributed by atoms with Gasteiger partial charge < -0.3 is 30.9 Å². The molecule has 0 saturated heterocycles. The smallest absolute Gasteiger partial charge is 0.250 e. The van der Waals surface area contributed by atoms with Crippen molar-refractivity contribution in [1.82, 2.24) is 10.3 Å². The summed E-state index contributed by atoms with van der Waals surface area (Å²) in [4.78, 5) is 27.7. The number of anilines is 1. The Morgan fingerprint density at radius 3 is 2.54 bits per heavy atom. The van der Waals surface area contributed by atoms with Crippen LogP contribution in [0.15, 0.2) is 60.8 Å². The average molecular weight is 533 g/mol. The van der Waals surface area contributed by atoms with Crippen LogP contribution in [-0.4, -0.2) is 46.7 Å². The summed E-state index contributed by atoms with van der Waals surface area (Å²) in [5, 5.41) is 17.0. The third kappa shape index (κ3) is 7.13. The summed E-state index contributed by atoms with van der Waals surface area (Å²) < 4.78 is 11.7. The van der Waals surface area contributed by atoms with E-state index in [2.05, 4.69) is 29.5 Å². The molecule has 0 spiro atoms. The van der Waals surface area contributed by atoms with E-state index in [0.717, 1.165) is 23.2 Å². The van der Waals surface area contributed by atoms with Gasteiger partial charge in [-0.05, 0) is 62.1 Å². The molecule has 9 heteroatoms. The van der Waals surface area contributed by atoms with E-state index in [0.29, 0.717) is 29.5 Å². The van der Waals surface area contributed by atoms with E-state index in [9.17, 15) is 14.7 Å². The van der Waals surface area contributed by atoms with Crippen molar-refractivity contribution in [1.29, 1.82) is 0 Å². The standard InChI is InChI=1S/C30H36N4O5/c1-18(2)26-27-23(34-29(26)37)6-5-7-24(27)38-17-21(35)16-33-30(3,4)14-19-8-11-22(12-9-19)39-25-13-10-20(15-32-25)28(31)36/h5-13,15,18,21,26,33,35H,14,16-17H2,1-4H3,(H2,31,36)(H,34,37)/t21-,26?/m0/s1. The monoisotopic (exact) mass is 532 g/mol. The van der Waals surface area contributed by atoms with E-state index in [1.807, 2.05) is 56.3 Å². The molecule has 1 aliphatic heterocycles. The number of nitrogens with zero attached hydrogens (tertiary/aromatic N) is 1. The minimum atomic E-state index is -0.730. The predicted octanol–water partition coefficient (Wildman–Crippen LogP) is 4.02. The Labute approximate surface area is 228 Å². The van der Waals surface area contributed by atoms with Gasteiger partial charge in [0.25, 0.3) is 0 Å². The number of aliphatic hydroxyl groups excluding tert-OH is 1. The fourth-order valence-electron chi connectivity index (χ4n) is 4.67. The lowest BCUT2D eigenvalue weighted by molar-refractivity contribution is -0.117. The molecule has 0 aliphatic carbocycles. The van der Waals surface area contributed by atoms with Crippen LogP contribution < -0.4 is 25.8 Å². The molecular weight excluding hydrogens is 496 g/mol. The SMILES string of the molecule is CC(C)C1C(=O)Nc2cccc(OC[C@@H](O)CNC(C)(C)Cc3ccc(Oc4ccc(C(N)=O)cn4)cc3)c21. The number of ether oxygens (including phenoxy) is 2. The van der Waals surface area contributed by atoms with Gasteiger partial charge in [0, 0.05) is 35.6 Å². The molecule has 1 unspecified atom stereocenters. The molecule has 206 valence electrons. The van der Waals surface area contributed by atoms with E-state index in [1.54, 1.807) is 12.1 Å². The molecule has 39 heavy (non-hydrogen) atoms. The Hall–Kier alpha value is -3.95. The fourth-order valence-corrected chi connectivity index (χ4v) is 4.67. The highest BCUT2D eigenvalue weighted by molar-refractivity contribution is 6.04. The van der Waals surface area contributed by atoms with Gasteiger partial charge in [-0.3, -0.25) is 9.59 Å². The van der Waals surface area contributed by atoms with Gasteiger partial charge in [-0.1, -0.05) is 32.0 Å². The number of pyridine rings is 1. The Morgan fingerprint density at radius 2 is 1.90 bits per heavy atom. The van der Waals surface area contributed by atoms with E-state index in [1.165, 1.54) is 6.20 Å². The number of aliphatic hydroxyl groups is 1.